The Morgan fingerprint density at radius 1 is 0.377 bits per heavy atom. The first-order chi connectivity index (χ1) is 29.1. The number of fused-ring (bicyclic) bond motifs is 6. The van der Waals surface area contributed by atoms with Gasteiger partial charge in [0.15, 0.2) is 54.5 Å². The second-order valence-corrected chi connectivity index (χ2v) is 22.5. The molecule has 15 aliphatic rings. The van der Waals surface area contributed by atoms with Crippen molar-refractivity contribution < 1.29 is 72.0 Å². The van der Waals surface area contributed by atoms with E-state index < -0.39 is 78.4 Å². The second-order valence-electron chi connectivity index (χ2n) is 22.5. The molecule has 3 saturated carbocycles. The van der Waals surface area contributed by atoms with Crippen LogP contribution in [0.2, 0.25) is 0 Å². The highest BCUT2D eigenvalue weighted by Gasteiger charge is 2.73. The molecule has 0 aromatic rings. The largest absolute Gasteiger partial charge is 0.320 e. The highest BCUT2D eigenvalue weighted by Crippen LogP contribution is 2.64. The van der Waals surface area contributed by atoms with Crippen molar-refractivity contribution in [1.29, 1.82) is 0 Å². The van der Waals surface area contributed by atoms with Gasteiger partial charge in [-0.1, -0.05) is 41.5 Å². The predicted octanol–water partition coefficient (Wildman–Crippen LogP) is 7.94. The zero-order valence-corrected chi connectivity index (χ0v) is 37.6. The van der Waals surface area contributed by atoms with Crippen molar-refractivity contribution in [2.75, 3.05) is 0 Å². The van der Waals surface area contributed by atoms with Gasteiger partial charge in [-0.15, -0.1) is 0 Å². The Morgan fingerprint density at radius 3 is 0.967 bits per heavy atom. The van der Waals surface area contributed by atoms with Crippen LogP contribution in [0.1, 0.15) is 139 Å². The van der Waals surface area contributed by atoms with Crippen LogP contribution < -0.4 is 0 Å². The summed E-state index contributed by atoms with van der Waals surface area (Å²) in [7, 11) is 0. The predicted molar refractivity (Wildman–Crippen MR) is 208 cm³/mol. The Balaban J connectivity index is 0.876. The van der Waals surface area contributed by atoms with Crippen LogP contribution in [-0.4, -0.2) is 78.4 Å². The average molecular weight is 863 g/mol. The minimum Gasteiger partial charge on any atom is -0.320 e. The summed E-state index contributed by atoms with van der Waals surface area (Å²) >= 11 is 0. The van der Waals surface area contributed by atoms with Crippen molar-refractivity contribution in [3.63, 3.8) is 0 Å². The summed E-state index contributed by atoms with van der Waals surface area (Å²) in [5.74, 6) is -1.10. The van der Waals surface area contributed by atoms with Crippen LogP contribution in [0.5, 0.6) is 0 Å². The molecule has 24 atom stereocenters. The van der Waals surface area contributed by atoms with Crippen LogP contribution in [0.3, 0.4) is 0 Å². The van der Waals surface area contributed by atoms with E-state index in [0.29, 0.717) is 17.8 Å². The zero-order valence-electron chi connectivity index (χ0n) is 37.6. The third kappa shape index (κ3) is 5.88. The number of hydrogen-bond acceptors (Lipinski definition) is 15. The summed E-state index contributed by atoms with van der Waals surface area (Å²) in [5, 5.41) is 0. The molecule has 12 saturated heterocycles. The molecule has 3 aliphatic carbocycles. The lowest BCUT2D eigenvalue weighted by Gasteiger charge is -2.61. The minimum atomic E-state index is -1.28. The second kappa shape index (κ2) is 14.2. The van der Waals surface area contributed by atoms with Crippen molar-refractivity contribution >= 4 is 0 Å². The van der Waals surface area contributed by atoms with Crippen molar-refractivity contribution in [2.45, 2.75) is 218 Å². The van der Waals surface area contributed by atoms with Crippen molar-refractivity contribution in [1.82, 2.24) is 0 Å². The SMILES string of the molecule is C[C@@H]1CC[C@H]2[C@@H](C)C(OC(OC3O[C@@H]4O[C@]5(C)CC[C@H]6[C@H](C)CC[C@@H]([C@H]3C)[C@@]46OO5)OC3O[C@@H]4O[C@]5(C)CC[C@H]6[C@H](C)CC[C@@H]([C@H]3C)[C@@]46OO5)O[C@@H]3O[C@]4(C)CC[C@@H]1[C@]32OO4. The minimum absolute atomic E-state index is 0.0400. The molecule has 0 N–H and O–H groups in total. The molecular formula is C46H70O15. The van der Waals surface area contributed by atoms with Gasteiger partial charge in [0, 0.05) is 54.8 Å². The van der Waals surface area contributed by atoms with Crippen LogP contribution in [-0.2, 0) is 72.0 Å². The summed E-state index contributed by atoms with van der Waals surface area (Å²) in [6.45, 7) is 18.0. The first-order valence-corrected chi connectivity index (χ1v) is 24.2. The highest BCUT2D eigenvalue weighted by molar-refractivity contribution is 5.12. The van der Waals surface area contributed by atoms with Gasteiger partial charge in [0.05, 0.1) is 0 Å². The lowest BCUT2D eigenvalue weighted by molar-refractivity contribution is -0.593. The molecule has 15 rings (SSSR count). The maximum atomic E-state index is 7.08. The molecule has 15 fully saturated rings. The molecule has 0 radical (unpaired) electrons. The Bertz CT molecular complexity index is 1520. The molecule has 12 aliphatic heterocycles. The zero-order chi connectivity index (χ0) is 42.1. The first kappa shape index (κ1) is 41.8. The highest BCUT2D eigenvalue weighted by atomic mass is 17.3. The quantitative estimate of drug-likeness (QED) is 0.189. The monoisotopic (exact) mass is 862 g/mol. The van der Waals surface area contributed by atoms with Gasteiger partial charge >= 0.3 is 0 Å². The molecule has 15 nitrogen and oxygen atoms in total. The standard InChI is InChI=1S/C46H70O15/c1-22-10-13-31-25(4)34(47-37-44(31)28(22)16-19-41(7,53-37)56-59-44)50-40(51-35-26(5)32-14-11-23(2)29-17-20-42(8)54-38(48-35)45(29,32)60-57-42)52-36-27(6)33-15-12-24(3)30-18-21-43(9)55-39(49-36)46(30,33)61-58-43/h22-40H,10-21H2,1-9H3/t22-,23-,24-,25-,26-,27-,28+,29+,30+,31+,32+,33+,34?,35?,36?,37-,38-,39-,40?,41+,42+,43+,44-,45-,46-/m1/s1. The lowest BCUT2D eigenvalue weighted by Crippen LogP contribution is -2.72. The van der Waals surface area contributed by atoms with E-state index in [1.807, 2.05) is 20.8 Å². The fourth-order valence-electron chi connectivity index (χ4n) is 15.5. The Hall–Kier alpha value is -0.600. The van der Waals surface area contributed by atoms with Gasteiger partial charge in [-0.25, -0.2) is 29.3 Å². The van der Waals surface area contributed by atoms with E-state index in [-0.39, 0.29) is 53.3 Å². The summed E-state index contributed by atoms with van der Waals surface area (Å²) in [4.78, 5) is 37.8. The van der Waals surface area contributed by atoms with Gasteiger partial charge in [0.25, 0.3) is 6.48 Å². The third-order valence-electron chi connectivity index (χ3n) is 19.0. The van der Waals surface area contributed by atoms with Crippen molar-refractivity contribution in [3.8, 4) is 0 Å². The van der Waals surface area contributed by atoms with E-state index in [0.717, 1.165) is 77.0 Å². The number of hydrogen-bond donors (Lipinski definition) is 0. The topological polar surface area (TPSA) is 138 Å². The molecule has 12 heterocycles. The normalized spacial score (nSPS) is 62.1. The van der Waals surface area contributed by atoms with Gasteiger partial charge in [-0.3, -0.25) is 14.2 Å². The van der Waals surface area contributed by atoms with Crippen LogP contribution >= 0.6 is 0 Å². The fraction of sp³-hybridized carbons (Fsp3) is 1.00. The maximum absolute atomic E-state index is 7.08. The van der Waals surface area contributed by atoms with Gasteiger partial charge in [-0.2, -0.15) is 0 Å². The van der Waals surface area contributed by atoms with Gasteiger partial charge < -0.3 is 28.4 Å². The van der Waals surface area contributed by atoms with Crippen LogP contribution in [0.15, 0.2) is 0 Å². The van der Waals surface area contributed by atoms with Crippen molar-refractivity contribution in [3.05, 3.63) is 0 Å². The van der Waals surface area contributed by atoms with Crippen LogP contribution in [0, 0.1) is 71.0 Å². The smallest absolute Gasteiger partial charge is 0.278 e. The van der Waals surface area contributed by atoms with E-state index in [4.69, 9.17) is 72.0 Å². The maximum Gasteiger partial charge on any atom is 0.278 e. The van der Waals surface area contributed by atoms with Gasteiger partial charge in [0.1, 0.15) is 0 Å². The van der Waals surface area contributed by atoms with Crippen LogP contribution in [0.25, 0.3) is 0 Å². The van der Waals surface area contributed by atoms with Gasteiger partial charge in [-0.05, 0) is 114 Å². The molecule has 0 aromatic heterocycles. The van der Waals surface area contributed by atoms with E-state index >= 15 is 0 Å². The Morgan fingerprint density at radius 2 is 0.672 bits per heavy atom. The summed E-state index contributed by atoms with van der Waals surface area (Å²) in [5.41, 5.74) is -2.25. The van der Waals surface area contributed by atoms with Crippen molar-refractivity contribution in [2.24, 2.45) is 71.0 Å². The van der Waals surface area contributed by atoms with E-state index in [9.17, 15) is 0 Å². The first-order valence-electron chi connectivity index (χ1n) is 24.2. The fourth-order valence-corrected chi connectivity index (χ4v) is 15.5. The lowest BCUT2D eigenvalue weighted by atomic mass is 9.58. The molecule has 0 aromatic carbocycles. The summed E-state index contributed by atoms with van der Waals surface area (Å²) in [6.07, 6.45) is 6.52. The van der Waals surface area contributed by atoms with Gasteiger partial charge in [0.2, 0.25) is 17.4 Å². The molecular weight excluding hydrogens is 792 g/mol. The Kier molecular flexibility index (Phi) is 9.74. The van der Waals surface area contributed by atoms with E-state index in [1.54, 1.807) is 0 Å². The average Bonchev–Trinajstić information content (AvgIpc) is 3.71. The molecule has 6 bridgehead atoms. The Labute approximate surface area is 360 Å². The molecule has 344 valence electrons. The summed E-state index contributed by atoms with van der Waals surface area (Å²) in [6, 6.07) is 0. The molecule has 61 heavy (non-hydrogen) atoms. The molecule has 0 amide bonds. The molecule has 15 heteroatoms. The number of ether oxygens (including phenoxy) is 9. The molecule has 3 unspecified atom stereocenters. The molecule has 3 spiro atoms. The van der Waals surface area contributed by atoms with E-state index in [2.05, 4.69) is 41.5 Å². The van der Waals surface area contributed by atoms with Crippen LogP contribution in [0.4, 0.5) is 0 Å². The summed E-state index contributed by atoms with van der Waals surface area (Å²) < 4.78 is 62.3. The van der Waals surface area contributed by atoms with E-state index in [1.165, 1.54) is 0 Å². The third-order valence-corrected chi connectivity index (χ3v) is 19.0. The number of rotatable bonds is 6.